The highest BCUT2D eigenvalue weighted by molar-refractivity contribution is 4.77. The van der Waals surface area contributed by atoms with Crippen molar-refractivity contribution < 1.29 is 9.26 Å². The molecule has 1 radical (unpaired) electrons. The highest BCUT2D eigenvalue weighted by Gasteiger charge is 1.98. The summed E-state index contributed by atoms with van der Waals surface area (Å²) in [6.45, 7) is 5.79. The molecule has 0 aliphatic heterocycles. The second-order valence-corrected chi connectivity index (χ2v) is 3.92. The summed E-state index contributed by atoms with van der Waals surface area (Å²) in [4.78, 5) is 3.96. The van der Waals surface area contributed by atoms with Crippen LogP contribution in [-0.4, -0.2) is 23.4 Å². The van der Waals surface area contributed by atoms with Crippen molar-refractivity contribution in [3.63, 3.8) is 0 Å². The van der Waals surface area contributed by atoms with Crippen LogP contribution in [0.5, 0.6) is 0 Å². The molecule has 0 N–H and O–H groups in total. The van der Waals surface area contributed by atoms with Gasteiger partial charge in [-0.3, -0.25) is 0 Å². The van der Waals surface area contributed by atoms with Gasteiger partial charge in [0.25, 0.3) is 0 Å². The molecule has 0 spiro atoms. The zero-order chi connectivity index (χ0) is 10.9. The third-order valence-electron chi connectivity index (χ3n) is 1.99. The molecule has 4 nitrogen and oxygen atoms in total. The molecule has 15 heavy (non-hydrogen) atoms. The standard InChI is InChI=1S/C11H19N2O2/c1-10(2)8-14-7-5-3-4-6-11-12-9-15-13-11/h9H,3-8H2,1-2H3. The maximum absolute atomic E-state index is 5.45. The monoisotopic (exact) mass is 211 g/mol. The van der Waals surface area contributed by atoms with Crippen molar-refractivity contribution in [1.29, 1.82) is 0 Å². The van der Waals surface area contributed by atoms with Gasteiger partial charge < -0.3 is 9.26 Å². The van der Waals surface area contributed by atoms with E-state index < -0.39 is 0 Å². The van der Waals surface area contributed by atoms with Gasteiger partial charge in [-0.2, -0.15) is 4.98 Å². The van der Waals surface area contributed by atoms with Gasteiger partial charge in [-0.05, 0) is 18.8 Å². The van der Waals surface area contributed by atoms with Gasteiger partial charge >= 0.3 is 0 Å². The minimum Gasteiger partial charge on any atom is -0.381 e. The highest BCUT2D eigenvalue weighted by Crippen LogP contribution is 2.03. The number of aryl methyl sites for hydroxylation is 1. The zero-order valence-corrected chi connectivity index (χ0v) is 9.53. The van der Waals surface area contributed by atoms with E-state index in [1.54, 1.807) is 0 Å². The number of rotatable bonds is 8. The summed E-state index contributed by atoms with van der Waals surface area (Å²) in [5.41, 5.74) is 0. The van der Waals surface area contributed by atoms with Crippen LogP contribution in [0.25, 0.3) is 0 Å². The predicted octanol–water partition coefficient (Wildman–Crippen LogP) is 2.41. The van der Waals surface area contributed by atoms with E-state index in [0.29, 0.717) is 0 Å². The Bertz CT molecular complexity index is 235. The summed E-state index contributed by atoms with van der Waals surface area (Å²) in [6, 6.07) is 0. The molecule has 0 aromatic carbocycles. The molecule has 0 saturated carbocycles. The molecule has 0 bridgehead atoms. The Morgan fingerprint density at radius 1 is 1.33 bits per heavy atom. The molecular weight excluding hydrogens is 192 g/mol. The highest BCUT2D eigenvalue weighted by atomic mass is 16.5. The molecule has 0 aliphatic rings. The van der Waals surface area contributed by atoms with Crippen LogP contribution in [0.2, 0.25) is 0 Å². The molecule has 1 rings (SSSR count). The molecule has 4 heteroatoms. The van der Waals surface area contributed by atoms with Gasteiger partial charge in [0.05, 0.1) is 6.61 Å². The van der Waals surface area contributed by atoms with Crippen molar-refractivity contribution in [3.05, 3.63) is 18.1 Å². The number of unbranched alkanes of at least 4 members (excludes halogenated alkanes) is 2. The lowest BCUT2D eigenvalue weighted by Gasteiger charge is -2.05. The van der Waals surface area contributed by atoms with Gasteiger partial charge in [-0.25, -0.2) is 0 Å². The van der Waals surface area contributed by atoms with E-state index in [-0.39, 0.29) is 0 Å². The van der Waals surface area contributed by atoms with Crippen molar-refractivity contribution in [3.8, 4) is 0 Å². The summed E-state index contributed by atoms with van der Waals surface area (Å²) in [5, 5.41) is 3.75. The van der Waals surface area contributed by atoms with Crippen molar-refractivity contribution >= 4 is 0 Å². The molecule has 1 aromatic heterocycles. The van der Waals surface area contributed by atoms with Crippen molar-refractivity contribution in [2.75, 3.05) is 13.2 Å². The van der Waals surface area contributed by atoms with E-state index in [2.05, 4.69) is 28.5 Å². The third kappa shape index (κ3) is 6.23. The smallest absolute Gasteiger partial charge is 0.213 e. The van der Waals surface area contributed by atoms with Crippen LogP contribution in [0.1, 0.15) is 38.9 Å². The number of ether oxygens (including phenoxy) is 1. The lowest BCUT2D eigenvalue weighted by molar-refractivity contribution is 0.140. The third-order valence-corrected chi connectivity index (χ3v) is 1.99. The minimum atomic E-state index is 0.783. The first-order chi connectivity index (χ1) is 7.29. The molecular formula is C11H19N2O2. The second-order valence-electron chi connectivity index (χ2n) is 3.92. The van der Waals surface area contributed by atoms with E-state index >= 15 is 0 Å². The van der Waals surface area contributed by atoms with Gasteiger partial charge in [0, 0.05) is 13.0 Å². The second kappa shape index (κ2) is 7.40. The Morgan fingerprint density at radius 3 is 2.87 bits per heavy atom. The van der Waals surface area contributed by atoms with E-state index in [1.165, 1.54) is 12.3 Å². The number of aromatic nitrogens is 2. The normalized spacial score (nSPS) is 11.1. The first-order valence-electron chi connectivity index (χ1n) is 5.41. The SMILES string of the molecule is C[C](C)COCCCCCc1ncon1. The summed E-state index contributed by atoms with van der Waals surface area (Å²) < 4.78 is 10.1. The molecule has 0 atom stereocenters. The summed E-state index contributed by atoms with van der Waals surface area (Å²) in [6.07, 6.45) is 5.62. The Balaban J connectivity index is 1.85. The van der Waals surface area contributed by atoms with Gasteiger partial charge in [0.2, 0.25) is 6.39 Å². The number of hydrogen-bond acceptors (Lipinski definition) is 4. The van der Waals surface area contributed by atoms with Gasteiger partial charge in [0.1, 0.15) is 0 Å². The molecule has 85 valence electrons. The fourth-order valence-electron chi connectivity index (χ4n) is 1.24. The fraction of sp³-hybridized carbons (Fsp3) is 0.727. The van der Waals surface area contributed by atoms with Crippen LogP contribution < -0.4 is 0 Å². The van der Waals surface area contributed by atoms with Crippen LogP contribution in [0, 0.1) is 5.92 Å². The number of hydrogen-bond donors (Lipinski definition) is 0. The maximum Gasteiger partial charge on any atom is 0.213 e. The molecule has 0 saturated heterocycles. The molecule has 0 fully saturated rings. The van der Waals surface area contributed by atoms with Crippen LogP contribution in [0.3, 0.4) is 0 Å². The van der Waals surface area contributed by atoms with Crippen LogP contribution in [-0.2, 0) is 11.2 Å². The lowest BCUT2D eigenvalue weighted by Crippen LogP contribution is -2.01. The Kier molecular flexibility index (Phi) is 6.00. The van der Waals surface area contributed by atoms with Crippen LogP contribution in [0.4, 0.5) is 0 Å². The van der Waals surface area contributed by atoms with Gasteiger partial charge in [0.15, 0.2) is 5.82 Å². The summed E-state index contributed by atoms with van der Waals surface area (Å²) >= 11 is 0. The van der Waals surface area contributed by atoms with E-state index in [9.17, 15) is 0 Å². The van der Waals surface area contributed by atoms with Crippen molar-refractivity contribution in [1.82, 2.24) is 10.1 Å². The number of nitrogens with zero attached hydrogens (tertiary/aromatic N) is 2. The van der Waals surface area contributed by atoms with E-state index in [0.717, 1.165) is 44.7 Å². The van der Waals surface area contributed by atoms with Crippen LogP contribution in [0.15, 0.2) is 10.9 Å². The molecule has 0 unspecified atom stereocenters. The first kappa shape index (κ1) is 12.2. The van der Waals surface area contributed by atoms with Gasteiger partial charge in [-0.15, -0.1) is 0 Å². The van der Waals surface area contributed by atoms with Crippen molar-refractivity contribution in [2.24, 2.45) is 0 Å². The quantitative estimate of drug-likeness (QED) is 0.619. The van der Waals surface area contributed by atoms with Gasteiger partial charge in [-0.1, -0.05) is 25.4 Å². The van der Waals surface area contributed by atoms with Crippen molar-refractivity contribution in [2.45, 2.75) is 39.5 Å². The summed E-state index contributed by atoms with van der Waals surface area (Å²) in [5.74, 6) is 2.12. The van der Waals surface area contributed by atoms with E-state index in [1.807, 2.05) is 0 Å². The molecule has 1 heterocycles. The average molecular weight is 211 g/mol. The average Bonchev–Trinajstić information content (AvgIpc) is 2.68. The Labute approximate surface area is 91.0 Å². The zero-order valence-electron chi connectivity index (χ0n) is 9.53. The molecule has 0 aliphatic carbocycles. The predicted molar refractivity (Wildman–Crippen MR) is 57.3 cm³/mol. The molecule has 0 amide bonds. The van der Waals surface area contributed by atoms with Crippen LogP contribution >= 0.6 is 0 Å². The summed E-state index contributed by atoms with van der Waals surface area (Å²) in [7, 11) is 0. The minimum absolute atomic E-state index is 0.783. The maximum atomic E-state index is 5.45. The Morgan fingerprint density at radius 2 is 2.20 bits per heavy atom. The largest absolute Gasteiger partial charge is 0.381 e. The van der Waals surface area contributed by atoms with E-state index in [4.69, 9.17) is 4.74 Å². The fourth-order valence-corrected chi connectivity index (χ4v) is 1.24. The topological polar surface area (TPSA) is 48.2 Å². The Hall–Kier alpha value is -0.900. The lowest BCUT2D eigenvalue weighted by atomic mass is 10.2. The molecule has 1 aromatic rings. The first-order valence-corrected chi connectivity index (χ1v) is 5.41.